The summed E-state index contributed by atoms with van der Waals surface area (Å²) < 4.78 is 0. The maximum Gasteiger partial charge on any atom is 0.0701 e. The minimum absolute atomic E-state index is 0. The molecule has 0 unspecified atom stereocenters. The summed E-state index contributed by atoms with van der Waals surface area (Å²) in [5, 5.41) is 1.20. The Hall–Kier alpha value is -0.827. The van der Waals surface area contributed by atoms with Crippen LogP contribution in [0.3, 0.4) is 0 Å². The first-order chi connectivity index (χ1) is 4.97. The van der Waals surface area contributed by atoms with Crippen LogP contribution in [0.15, 0.2) is 42.6 Å². The molecule has 0 saturated heterocycles. The number of nitrogens with zero attached hydrogens (tertiary/aromatic N) is 1. The monoisotopic (exact) mass is 203 g/mol. The largest absolute Gasteiger partial charge is 0.256 e. The van der Waals surface area contributed by atoms with Gasteiger partial charge in [-0.25, -0.2) is 0 Å². The van der Waals surface area contributed by atoms with Gasteiger partial charge in [0.1, 0.15) is 0 Å². The number of rotatable bonds is 0. The van der Waals surface area contributed by atoms with Crippen LogP contribution in [0.4, 0.5) is 0 Å². The molecule has 1 heterocycles. The van der Waals surface area contributed by atoms with Crippen molar-refractivity contribution < 1.29 is 0 Å². The normalized spacial score (nSPS) is 9.09. The molecule has 1 aromatic heterocycles. The van der Waals surface area contributed by atoms with Crippen molar-refractivity contribution in [3.8, 4) is 0 Å². The van der Waals surface area contributed by atoms with Crippen LogP contribution >= 0.6 is 0 Å². The minimum atomic E-state index is 0. The van der Waals surface area contributed by atoms with Gasteiger partial charge in [0.2, 0.25) is 0 Å². The smallest absolute Gasteiger partial charge is 0.0701 e. The standard InChI is InChI=1S/C9H7N.Ge/c1-2-6-9-8(4-1)5-3-7-10-9;/h1-7H;. The van der Waals surface area contributed by atoms with Crippen LogP contribution in [0.5, 0.6) is 0 Å². The zero-order valence-electron chi connectivity index (χ0n) is 5.99. The molecule has 2 heteroatoms. The predicted molar refractivity (Wildman–Crippen MR) is 47.5 cm³/mol. The fraction of sp³-hybridized carbons (Fsp3) is 0. The van der Waals surface area contributed by atoms with E-state index in [1.165, 1.54) is 5.39 Å². The molecular weight excluding hydrogens is 195 g/mol. The van der Waals surface area contributed by atoms with Gasteiger partial charge in [0.25, 0.3) is 0 Å². The van der Waals surface area contributed by atoms with Crippen LogP contribution < -0.4 is 0 Å². The number of para-hydroxylation sites is 1. The molecule has 0 amide bonds. The SMILES string of the molecule is [Ge].c1ccc2ncccc2c1. The molecule has 4 radical (unpaired) electrons. The molecule has 0 bridgehead atoms. The number of pyridine rings is 1. The fourth-order valence-corrected chi connectivity index (χ4v) is 1.02. The van der Waals surface area contributed by atoms with Crippen molar-refractivity contribution in [2.24, 2.45) is 0 Å². The molecule has 2 rings (SSSR count). The second-order valence-corrected chi connectivity index (χ2v) is 2.20. The van der Waals surface area contributed by atoms with E-state index in [0.717, 1.165) is 5.52 Å². The summed E-state index contributed by atoms with van der Waals surface area (Å²) in [6.45, 7) is 0. The molecule has 11 heavy (non-hydrogen) atoms. The molecule has 1 nitrogen and oxygen atoms in total. The van der Waals surface area contributed by atoms with E-state index in [1.807, 2.05) is 30.5 Å². The first-order valence-electron chi connectivity index (χ1n) is 3.26. The quantitative estimate of drug-likeness (QED) is 0.593. The van der Waals surface area contributed by atoms with Crippen LogP contribution in [0, 0.1) is 0 Å². The Morgan fingerprint density at radius 3 is 2.45 bits per heavy atom. The Morgan fingerprint density at radius 2 is 1.64 bits per heavy atom. The molecule has 0 aliphatic rings. The molecule has 0 saturated carbocycles. The van der Waals surface area contributed by atoms with Crippen molar-refractivity contribution in [3.05, 3.63) is 42.6 Å². The van der Waals surface area contributed by atoms with Crippen molar-refractivity contribution in [3.63, 3.8) is 0 Å². The number of aromatic nitrogens is 1. The zero-order valence-corrected chi connectivity index (χ0v) is 8.09. The third-order valence-electron chi connectivity index (χ3n) is 1.51. The third kappa shape index (κ3) is 1.60. The van der Waals surface area contributed by atoms with E-state index in [0.29, 0.717) is 0 Å². The van der Waals surface area contributed by atoms with Gasteiger partial charge < -0.3 is 0 Å². The topological polar surface area (TPSA) is 12.9 Å². The van der Waals surface area contributed by atoms with E-state index in [9.17, 15) is 0 Å². The second-order valence-electron chi connectivity index (χ2n) is 2.20. The molecule has 0 atom stereocenters. The average molecular weight is 202 g/mol. The van der Waals surface area contributed by atoms with E-state index >= 15 is 0 Å². The number of fused-ring (bicyclic) bond motifs is 1. The molecule has 2 aromatic rings. The molecule has 0 fully saturated rings. The fourth-order valence-electron chi connectivity index (χ4n) is 1.02. The molecule has 0 aliphatic heterocycles. The van der Waals surface area contributed by atoms with Crippen molar-refractivity contribution in [2.75, 3.05) is 0 Å². The van der Waals surface area contributed by atoms with Crippen molar-refractivity contribution in [1.82, 2.24) is 4.98 Å². The van der Waals surface area contributed by atoms with E-state index in [1.54, 1.807) is 0 Å². The summed E-state index contributed by atoms with van der Waals surface area (Å²) in [6.07, 6.45) is 1.81. The maximum atomic E-state index is 4.18. The van der Waals surface area contributed by atoms with Gasteiger partial charge in [0.15, 0.2) is 0 Å². The first kappa shape index (κ1) is 8.27. The maximum absolute atomic E-state index is 4.18. The molecule has 1 aromatic carbocycles. The summed E-state index contributed by atoms with van der Waals surface area (Å²) >= 11 is 0. The summed E-state index contributed by atoms with van der Waals surface area (Å²) in [5.41, 5.74) is 1.06. The molecule has 0 aliphatic carbocycles. The Labute approximate surface area is 76.4 Å². The van der Waals surface area contributed by atoms with Gasteiger partial charge in [0, 0.05) is 29.2 Å². The van der Waals surface area contributed by atoms with E-state index in [2.05, 4.69) is 17.1 Å². The van der Waals surface area contributed by atoms with E-state index in [4.69, 9.17) is 0 Å². The number of hydrogen-bond donors (Lipinski definition) is 0. The van der Waals surface area contributed by atoms with Gasteiger partial charge >= 0.3 is 0 Å². The Morgan fingerprint density at radius 1 is 0.909 bits per heavy atom. The molecule has 0 spiro atoms. The zero-order chi connectivity index (χ0) is 6.81. The van der Waals surface area contributed by atoms with Gasteiger partial charge in [-0.05, 0) is 12.1 Å². The van der Waals surface area contributed by atoms with E-state index in [-0.39, 0.29) is 17.6 Å². The molecular formula is C9H7GeN. The van der Waals surface area contributed by atoms with Gasteiger partial charge in [-0.1, -0.05) is 24.3 Å². The van der Waals surface area contributed by atoms with Gasteiger partial charge in [-0.2, -0.15) is 0 Å². The molecule has 0 N–H and O–H groups in total. The summed E-state index contributed by atoms with van der Waals surface area (Å²) in [5.74, 6) is 0. The number of hydrogen-bond acceptors (Lipinski definition) is 1. The first-order valence-corrected chi connectivity index (χ1v) is 3.26. The summed E-state index contributed by atoms with van der Waals surface area (Å²) in [4.78, 5) is 4.18. The Balaban J connectivity index is 0.000000605. The number of benzene rings is 1. The van der Waals surface area contributed by atoms with Crippen LogP contribution in [-0.2, 0) is 0 Å². The minimum Gasteiger partial charge on any atom is -0.256 e. The Kier molecular flexibility index (Phi) is 2.66. The van der Waals surface area contributed by atoms with Crippen LogP contribution in [-0.4, -0.2) is 22.6 Å². The average Bonchev–Trinajstić information content (AvgIpc) is 2.05. The summed E-state index contributed by atoms with van der Waals surface area (Å²) in [6, 6.07) is 12.1. The predicted octanol–water partition coefficient (Wildman–Crippen LogP) is 1.85. The van der Waals surface area contributed by atoms with Crippen LogP contribution in [0.2, 0.25) is 0 Å². The van der Waals surface area contributed by atoms with Gasteiger partial charge in [-0.3, -0.25) is 4.98 Å². The molecule has 52 valence electrons. The second kappa shape index (κ2) is 3.53. The Bertz CT molecular complexity index is 281. The summed E-state index contributed by atoms with van der Waals surface area (Å²) in [7, 11) is 0. The van der Waals surface area contributed by atoms with E-state index < -0.39 is 0 Å². The van der Waals surface area contributed by atoms with Gasteiger partial charge in [-0.15, -0.1) is 0 Å². The third-order valence-corrected chi connectivity index (χ3v) is 1.51. The van der Waals surface area contributed by atoms with Gasteiger partial charge in [0.05, 0.1) is 5.52 Å². The van der Waals surface area contributed by atoms with Crippen LogP contribution in [0.1, 0.15) is 0 Å². The van der Waals surface area contributed by atoms with Crippen molar-refractivity contribution in [2.45, 2.75) is 0 Å². The van der Waals surface area contributed by atoms with Crippen molar-refractivity contribution >= 4 is 28.5 Å². The van der Waals surface area contributed by atoms with Crippen molar-refractivity contribution in [1.29, 1.82) is 0 Å². The van der Waals surface area contributed by atoms with Crippen LogP contribution in [0.25, 0.3) is 10.9 Å².